The molecule has 0 amide bonds. The smallest absolute Gasteiger partial charge is 0.195 e. The molecule has 1 saturated heterocycles. The van der Waals surface area contributed by atoms with Gasteiger partial charge in [0.25, 0.3) is 0 Å². The van der Waals surface area contributed by atoms with Crippen LogP contribution in [0.25, 0.3) is 0 Å². The van der Waals surface area contributed by atoms with E-state index in [-0.39, 0.29) is 0 Å². The van der Waals surface area contributed by atoms with Crippen molar-refractivity contribution in [3.63, 3.8) is 0 Å². The summed E-state index contributed by atoms with van der Waals surface area (Å²) in [4.78, 5) is 2.52. The lowest BCUT2D eigenvalue weighted by Gasteiger charge is -2.14. The van der Waals surface area contributed by atoms with Crippen LogP contribution in [0.4, 0.5) is 0 Å². The normalized spacial score (nSPS) is 21.8. The molecule has 1 aliphatic carbocycles. The molecule has 0 bridgehead atoms. The highest BCUT2D eigenvalue weighted by Crippen LogP contribution is 2.35. The topological polar surface area (TPSA) is 36.9 Å². The largest absolute Gasteiger partial charge is 0.303 e. The van der Waals surface area contributed by atoms with Crippen molar-refractivity contribution in [3.8, 4) is 0 Å². The van der Waals surface area contributed by atoms with Crippen LogP contribution in [0.1, 0.15) is 37.5 Å². The number of aromatic amines is 1. The fourth-order valence-electron chi connectivity index (χ4n) is 2.49. The van der Waals surface area contributed by atoms with Crippen molar-refractivity contribution in [2.45, 2.75) is 38.1 Å². The van der Waals surface area contributed by atoms with Gasteiger partial charge in [-0.1, -0.05) is 0 Å². The number of nitrogens with one attached hydrogen (secondary N) is 1. The average molecular weight is 238 g/mol. The monoisotopic (exact) mass is 238 g/mol. The number of aromatic nitrogens is 3. The Hall–Kier alpha value is -0.680. The molecule has 1 saturated carbocycles. The molecular weight excluding hydrogens is 220 g/mol. The third kappa shape index (κ3) is 2.06. The Morgan fingerprint density at radius 3 is 2.75 bits per heavy atom. The Morgan fingerprint density at radius 2 is 2.06 bits per heavy atom. The third-order valence-electron chi connectivity index (χ3n) is 3.54. The van der Waals surface area contributed by atoms with Gasteiger partial charge in [-0.15, -0.1) is 0 Å². The van der Waals surface area contributed by atoms with Crippen LogP contribution in [0.15, 0.2) is 0 Å². The highest BCUT2D eigenvalue weighted by Gasteiger charge is 2.27. The van der Waals surface area contributed by atoms with E-state index in [1.54, 1.807) is 0 Å². The first kappa shape index (κ1) is 10.5. The second kappa shape index (κ2) is 4.30. The number of nitrogens with zero attached hydrogens (tertiary/aromatic N) is 3. The molecule has 1 aromatic rings. The minimum absolute atomic E-state index is 0.639. The SMILES string of the molecule is S=c1[nH]nc(CCN2CCCC2)n1C1CC1. The minimum Gasteiger partial charge on any atom is -0.303 e. The van der Waals surface area contributed by atoms with Gasteiger partial charge < -0.3 is 9.47 Å². The van der Waals surface area contributed by atoms with Crippen molar-refractivity contribution in [1.82, 2.24) is 19.7 Å². The van der Waals surface area contributed by atoms with Crippen LogP contribution in [-0.2, 0) is 6.42 Å². The highest BCUT2D eigenvalue weighted by molar-refractivity contribution is 7.71. The van der Waals surface area contributed by atoms with E-state index in [1.165, 1.54) is 38.8 Å². The summed E-state index contributed by atoms with van der Waals surface area (Å²) in [6.45, 7) is 3.65. The lowest BCUT2D eigenvalue weighted by molar-refractivity contribution is 0.338. The molecule has 4 nitrogen and oxygen atoms in total. The van der Waals surface area contributed by atoms with Crippen molar-refractivity contribution in [2.24, 2.45) is 0 Å². The Balaban J connectivity index is 1.66. The van der Waals surface area contributed by atoms with Gasteiger partial charge in [0, 0.05) is 19.0 Å². The van der Waals surface area contributed by atoms with Crippen molar-refractivity contribution >= 4 is 12.2 Å². The number of hydrogen-bond donors (Lipinski definition) is 1. The van der Waals surface area contributed by atoms with E-state index in [1.807, 2.05) is 0 Å². The Kier molecular flexibility index (Phi) is 2.81. The van der Waals surface area contributed by atoms with E-state index in [9.17, 15) is 0 Å². The second-order valence-electron chi connectivity index (χ2n) is 4.84. The lowest BCUT2D eigenvalue weighted by Crippen LogP contribution is -2.23. The molecule has 1 aliphatic heterocycles. The molecule has 3 rings (SSSR count). The van der Waals surface area contributed by atoms with Gasteiger partial charge in [-0.25, -0.2) is 0 Å². The van der Waals surface area contributed by atoms with Crippen LogP contribution in [0.2, 0.25) is 0 Å². The van der Waals surface area contributed by atoms with Crippen LogP contribution in [-0.4, -0.2) is 39.3 Å². The molecule has 2 aliphatic rings. The molecule has 1 N–H and O–H groups in total. The van der Waals surface area contributed by atoms with E-state index >= 15 is 0 Å². The van der Waals surface area contributed by atoms with Gasteiger partial charge in [-0.3, -0.25) is 5.10 Å². The summed E-state index contributed by atoms with van der Waals surface area (Å²) < 4.78 is 3.03. The first-order valence-corrected chi connectivity index (χ1v) is 6.63. The molecule has 0 aromatic carbocycles. The molecule has 0 unspecified atom stereocenters. The first-order chi connectivity index (χ1) is 7.84. The molecule has 0 atom stereocenters. The Bertz CT molecular complexity index is 412. The van der Waals surface area contributed by atoms with Crippen LogP contribution in [0.5, 0.6) is 0 Å². The van der Waals surface area contributed by atoms with Crippen molar-refractivity contribution < 1.29 is 0 Å². The van der Waals surface area contributed by atoms with E-state index < -0.39 is 0 Å². The Morgan fingerprint density at radius 1 is 1.31 bits per heavy atom. The Labute approximate surface area is 101 Å². The number of H-pyrrole nitrogens is 1. The summed E-state index contributed by atoms with van der Waals surface area (Å²) in [5, 5.41) is 7.29. The summed E-state index contributed by atoms with van der Waals surface area (Å²) in [7, 11) is 0. The van der Waals surface area contributed by atoms with E-state index in [0.717, 1.165) is 23.6 Å². The minimum atomic E-state index is 0.639. The first-order valence-electron chi connectivity index (χ1n) is 6.23. The van der Waals surface area contributed by atoms with Gasteiger partial charge in [-0.05, 0) is 51.0 Å². The fraction of sp³-hybridized carbons (Fsp3) is 0.818. The summed E-state index contributed by atoms with van der Waals surface area (Å²) in [5.41, 5.74) is 0. The number of hydrogen-bond acceptors (Lipinski definition) is 3. The molecule has 88 valence electrons. The van der Waals surface area contributed by atoms with Crippen LogP contribution < -0.4 is 0 Å². The van der Waals surface area contributed by atoms with Gasteiger partial charge in [0.15, 0.2) is 4.77 Å². The maximum Gasteiger partial charge on any atom is 0.195 e. The maximum atomic E-state index is 5.27. The molecule has 5 heteroatoms. The molecule has 0 spiro atoms. The van der Waals surface area contributed by atoms with Gasteiger partial charge in [0.2, 0.25) is 0 Å². The third-order valence-corrected chi connectivity index (χ3v) is 3.83. The van der Waals surface area contributed by atoms with Crippen molar-refractivity contribution in [3.05, 3.63) is 10.6 Å². The maximum absolute atomic E-state index is 5.27. The summed E-state index contributed by atoms with van der Waals surface area (Å²) in [6.07, 6.45) is 6.28. The van der Waals surface area contributed by atoms with E-state index in [2.05, 4.69) is 19.7 Å². The van der Waals surface area contributed by atoms with Crippen LogP contribution >= 0.6 is 12.2 Å². The number of rotatable bonds is 4. The molecular formula is C11H18N4S. The molecule has 2 fully saturated rings. The fourth-order valence-corrected chi connectivity index (χ4v) is 2.79. The average Bonchev–Trinajstić information content (AvgIpc) is 2.85. The summed E-state index contributed by atoms with van der Waals surface area (Å²) in [6, 6.07) is 0.639. The van der Waals surface area contributed by atoms with Crippen LogP contribution in [0, 0.1) is 4.77 Å². The lowest BCUT2D eigenvalue weighted by atomic mass is 10.3. The molecule has 0 radical (unpaired) electrons. The van der Waals surface area contributed by atoms with Gasteiger partial charge in [0.05, 0.1) is 0 Å². The van der Waals surface area contributed by atoms with E-state index in [0.29, 0.717) is 6.04 Å². The quantitative estimate of drug-likeness (QED) is 0.814. The zero-order chi connectivity index (χ0) is 11.0. The zero-order valence-electron chi connectivity index (χ0n) is 9.48. The van der Waals surface area contributed by atoms with Crippen LogP contribution in [0.3, 0.4) is 0 Å². The molecule has 1 aromatic heterocycles. The molecule has 2 heterocycles. The summed E-state index contributed by atoms with van der Waals surface area (Å²) >= 11 is 5.27. The highest BCUT2D eigenvalue weighted by atomic mass is 32.1. The van der Waals surface area contributed by atoms with Gasteiger partial charge >= 0.3 is 0 Å². The number of likely N-dealkylation sites (tertiary alicyclic amines) is 1. The van der Waals surface area contributed by atoms with Gasteiger partial charge in [0.1, 0.15) is 5.82 Å². The predicted octanol–water partition coefficient (Wildman–Crippen LogP) is 1.91. The summed E-state index contributed by atoms with van der Waals surface area (Å²) in [5.74, 6) is 1.15. The standard InChI is InChI=1S/C11H18N4S/c16-11-13-12-10(15(11)9-3-4-9)5-8-14-6-1-2-7-14/h9H,1-8H2,(H,13,16). The van der Waals surface area contributed by atoms with E-state index in [4.69, 9.17) is 12.2 Å². The van der Waals surface area contributed by atoms with Crippen molar-refractivity contribution in [2.75, 3.05) is 19.6 Å². The van der Waals surface area contributed by atoms with Gasteiger partial charge in [-0.2, -0.15) is 5.10 Å². The molecule has 16 heavy (non-hydrogen) atoms. The predicted molar refractivity (Wildman–Crippen MR) is 65.1 cm³/mol. The second-order valence-corrected chi connectivity index (χ2v) is 5.23. The zero-order valence-corrected chi connectivity index (χ0v) is 10.3. The van der Waals surface area contributed by atoms with Crippen molar-refractivity contribution in [1.29, 1.82) is 0 Å².